The van der Waals surface area contributed by atoms with E-state index in [2.05, 4.69) is 5.32 Å². The van der Waals surface area contributed by atoms with Crippen LogP contribution in [0.4, 0.5) is 0 Å². The van der Waals surface area contributed by atoms with Gasteiger partial charge in [0.2, 0.25) is 11.8 Å². The minimum Gasteiger partial charge on any atom is -0.354 e. The molecule has 0 bridgehead atoms. The molecule has 1 atom stereocenters. The standard InChI is InChI=1S/C23H30N2O2/c1-4-14-24-23(27)19(3)25(15-13-20-10-6-5-7-11-20)22(26)17-21-12-8-9-18(2)16-21/h5-12,16,19H,4,13-15,17H2,1-3H3,(H,24,27). The Balaban J connectivity index is 2.11. The number of rotatable bonds is 9. The maximum absolute atomic E-state index is 13.0. The number of aryl methyl sites for hydroxylation is 1. The summed E-state index contributed by atoms with van der Waals surface area (Å²) in [5, 5.41) is 2.91. The van der Waals surface area contributed by atoms with Crippen molar-refractivity contribution in [3.05, 3.63) is 71.3 Å². The molecular weight excluding hydrogens is 336 g/mol. The highest BCUT2D eigenvalue weighted by molar-refractivity contribution is 5.88. The zero-order valence-electron chi connectivity index (χ0n) is 16.6. The van der Waals surface area contributed by atoms with Crippen molar-refractivity contribution in [3.8, 4) is 0 Å². The molecule has 2 rings (SSSR count). The van der Waals surface area contributed by atoms with Crippen LogP contribution in [-0.4, -0.2) is 35.8 Å². The summed E-state index contributed by atoms with van der Waals surface area (Å²) in [4.78, 5) is 27.2. The number of carbonyl (C=O) groups excluding carboxylic acids is 2. The minimum atomic E-state index is -0.488. The second-order valence-corrected chi connectivity index (χ2v) is 6.96. The molecule has 0 aromatic heterocycles. The van der Waals surface area contributed by atoms with E-state index in [-0.39, 0.29) is 11.8 Å². The van der Waals surface area contributed by atoms with Crippen LogP contribution in [0.2, 0.25) is 0 Å². The Kier molecular flexibility index (Phi) is 8.05. The molecule has 27 heavy (non-hydrogen) atoms. The van der Waals surface area contributed by atoms with Crippen molar-refractivity contribution in [1.29, 1.82) is 0 Å². The van der Waals surface area contributed by atoms with Gasteiger partial charge in [-0.1, -0.05) is 67.1 Å². The zero-order chi connectivity index (χ0) is 19.6. The van der Waals surface area contributed by atoms with E-state index in [1.807, 2.05) is 75.4 Å². The Hall–Kier alpha value is -2.62. The first-order chi connectivity index (χ1) is 13.0. The van der Waals surface area contributed by atoms with Gasteiger partial charge in [0, 0.05) is 13.1 Å². The lowest BCUT2D eigenvalue weighted by atomic mass is 10.1. The predicted octanol–water partition coefficient (Wildman–Crippen LogP) is 3.52. The summed E-state index contributed by atoms with van der Waals surface area (Å²) >= 11 is 0. The van der Waals surface area contributed by atoms with Gasteiger partial charge in [0.1, 0.15) is 6.04 Å². The summed E-state index contributed by atoms with van der Waals surface area (Å²) in [5.74, 6) is -0.113. The molecule has 1 N–H and O–H groups in total. The molecule has 0 heterocycles. The third-order valence-electron chi connectivity index (χ3n) is 4.64. The van der Waals surface area contributed by atoms with Gasteiger partial charge in [-0.25, -0.2) is 0 Å². The number of amides is 2. The smallest absolute Gasteiger partial charge is 0.242 e. The van der Waals surface area contributed by atoms with Gasteiger partial charge in [-0.15, -0.1) is 0 Å². The number of benzene rings is 2. The quantitative estimate of drug-likeness (QED) is 0.738. The number of hydrogen-bond donors (Lipinski definition) is 1. The molecule has 0 saturated carbocycles. The van der Waals surface area contributed by atoms with Crippen LogP contribution >= 0.6 is 0 Å². The Bertz CT molecular complexity index is 743. The molecule has 2 aromatic carbocycles. The molecule has 0 aliphatic rings. The molecular formula is C23H30N2O2. The Morgan fingerprint density at radius 2 is 1.74 bits per heavy atom. The second-order valence-electron chi connectivity index (χ2n) is 6.96. The van der Waals surface area contributed by atoms with Crippen LogP contribution in [0.25, 0.3) is 0 Å². The highest BCUT2D eigenvalue weighted by Gasteiger charge is 2.25. The molecule has 4 nitrogen and oxygen atoms in total. The lowest BCUT2D eigenvalue weighted by molar-refractivity contribution is -0.139. The van der Waals surface area contributed by atoms with Gasteiger partial charge in [-0.3, -0.25) is 9.59 Å². The number of carbonyl (C=O) groups is 2. The van der Waals surface area contributed by atoms with E-state index in [0.29, 0.717) is 19.5 Å². The molecule has 0 saturated heterocycles. The zero-order valence-corrected chi connectivity index (χ0v) is 16.6. The first-order valence-corrected chi connectivity index (χ1v) is 9.68. The molecule has 0 fully saturated rings. The molecule has 0 aliphatic heterocycles. The molecule has 144 valence electrons. The lowest BCUT2D eigenvalue weighted by Gasteiger charge is -2.29. The first kappa shape index (κ1) is 20.7. The summed E-state index contributed by atoms with van der Waals surface area (Å²) in [6.07, 6.45) is 1.91. The number of nitrogens with one attached hydrogen (secondary N) is 1. The second kappa shape index (κ2) is 10.5. The summed E-state index contributed by atoms with van der Waals surface area (Å²) in [7, 11) is 0. The van der Waals surface area contributed by atoms with Crippen LogP contribution in [0.15, 0.2) is 54.6 Å². The van der Waals surface area contributed by atoms with Crippen molar-refractivity contribution in [3.63, 3.8) is 0 Å². The summed E-state index contributed by atoms with van der Waals surface area (Å²) in [6, 6.07) is 17.5. The third-order valence-corrected chi connectivity index (χ3v) is 4.64. The molecule has 2 amide bonds. The van der Waals surface area contributed by atoms with Gasteiger partial charge in [-0.05, 0) is 37.8 Å². The van der Waals surface area contributed by atoms with Gasteiger partial charge < -0.3 is 10.2 Å². The van der Waals surface area contributed by atoms with E-state index in [1.54, 1.807) is 4.90 Å². The first-order valence-electron chi connectivity index (χ1n) is 9.68. The molecule has 0 radical (unpaired) electrons. The van der Waals surface area contributed by atoms with Crippen LogP contribution in [-0.2, 0) is 22.4 Å². The van der Waals surface area contributed by atoms with Crippen molar-refractivity contribution < 1.29 is 9.59 Å². The maximum atomic E-state index is 13.0. The van der Waals surface area contributed by atoms with E-state index >= 15 is 0 Å². The average Bonchev–Trinajstić information content (AvgIpc) is 2.67. The summed E-state index contributed by atoms with van der Waals surface area (Å²) in [6.45, 7) is 6.99. The van der Waals surface area contributed by atoms with Crippen LogP contribution < -0.4 is 5.32 Å². The van der Waals surface area contributed by atoms with Crippen molar-refractivity contribution in [2.24, 2.45) is 0 Å². The topological polar surface area (TPSA) is 49.4 Å². The van der Waals surface area contributed by atoms with Gasteiger partial charge in [0.05, 0.1) is 6.42 Å². The van der Waals surface area contributed by atoms with Crippen LogP contribution in [0.1, 0.15) is 37.0 Å². The Morgan fingerprint density at radius 1 is 1.04 bits per heavy atom. The van der Waals surface area contributed by atoms with Crippen LogP contribution in [0.5, 0.6) is 0 Å². The largest absolute Gasteiger partial charge is 0.354 e. The van der Waals surface area contributed by atoms with E-state index in [0.717, 1.165) is 29.5 Å². The monoisotopic (exact) mass is 366 g/mol. The fourth-order valence-corrected chi connectivity index (χ4v) is 3.06. The van der Waals surface area contributed by atoms with E-state index in [1.165, 1.54) is 0 Å². The van der Waals surface area contributed by atoms with Crippen molar-refractivity contribution >= 4 is 11.8 Å². The number of hydrogen-bond acceptors (Lipinski definition) is 2. The van der Waals surface area contributed by atoms with E-state index in [9.17, 15) is 9.59 Å². The number of nitrogens with zero attached hydrogens (tertiary/aromatic N) is 1. The van der Waals surface area contributed by atoms with E-state index < -0.39 is 6.04 Å². The third kappa shape index (κ3) is 6.55. The maximum Gasteiger partial charge on any atom is 0.242 e. The van der Waals surface area contributed by atoms with Crippen LogP contribution in [0.3, 0.4) is 0 Å². The molecule has 0 aliphatic carbocycles. The fraction of sp³-hybridized carbons (Fsp3) is 0.391. The normalized spacial score (nSPS) is 11.7. The molecule has 4 heteroatoms. The van der Waals surface area contributed by atoms with Crippen molar-refractivity contribution in [2.75, 3.05) is 13.1 Å². The highest BCUT2D eigenvalue weighted by Crippen LogP contribution is 2.11. The van der Waals surface area contributed by atoms with Gasteiger partial charge in [0.25, 0.3) is 0 Å². The van der Waals surface area contributed by atoms with Gasteiger partial charge in [0.15, 0.2) is 0 Å². The Morgan fingerprint density at radius 3 is 2.41 bits per heavy atom. The van der Waals surface area contributed by atoms with Crippen LogP contribution in [0, 0.1) is 6.92 Å². The van der Waals surface area contributed by atoms with Crippen molar-refractivity contribution in [2.45, 2.75) is 46.1 Å². The molecule has 0 spiro atoms. The summed E-state index contributed by atoms with van der Waals surface area (Å²) < 4.78 is 0. The SMILES string of the molecule is CCCNC(=O)C(C)N(CCc1ccccc1)C(=O)Cc1cccc(C)c1. The van der Waals surface area contributed by atoms with E-state index in [4.69, 9.17) is 0 Å². The highest BCUT2D eigenvalue weighted by atomic mass is 16.2. The van der Waals surface area contributed by atoms with Crippen molar-refractivity contribution in [1.82, 2.24) is 10.2 Å². The minimum absolute atomic E-state index is 0.0179. The fourth-order valence-electron chi connectivity index (χ4n) is 3.06. The van der Waals surface area contributed by atoms with Gasteiger partial charge in [-0.2, -0.15) is 0 Å². The average molecular weight is 367 g/mol. The Labute approximate surface area is 162 Å². The summed E-state index contributed by atoms with van der Waals surface area (Å²) in [5.41, 5.74) is 3.27. The van der Waals surface area contributed by atoms with Gasteiger partial charge >= 0.3 is 0 Å². The molecule has 2 aromatic rings. The molecule has 1 unspecified atom stereocenters. The lowest BCUT2D eigenvalue weighted by Crippen LogP contribution is -2.49. The predicted molar refractivity (Wildman–Crippen MR) is 110 cm³/mol.